The number of aromatic nitrogens is 2. The van der Waals surface area contributed by atoms with Crippen molar-refractivity contribution in [2.24, 2.45) is 0 Å². The maximum Gasteiger partial charge on any atom is 0.401 e. The van der Waals surface area contributed by atoms with E-state index in [1.807, 2.05) is 6.07 Å². The van der Waals surface area contributed by atoms with Crippen molar-refractivity contribution in [1.82, 2.24) is 15.1 Å². The Labute approximate surface area is 128 Å². The first-order valence-corrected chi connectivity index (χ1v) is 7.42. The van der Waals surface area contributed by atoms with Crippen molar-refractivity contribution < 1.29 is 17.9 Å². The summed E-state index contributed by atoms with van der Waals surface area (Å²) in [7, 11) is 0. The maximum atomic E-state index is 12.3. The van der Waals surface area contributed by atoms with Crippen LogP contribution in [0.3, 0.4) is 0 Å². The van der Waals surface area contributed by atoms with Gasteiger partial charge in [0.2, 0.25) is 5.88 Å². The number of piperidine rings is 1. The minimum atomic E-state index is -4.14. The molecule has 0 spiro atoms. The molecule has 7 heteroatoms. The molecule has 0 atom stereocenters. The van der Waals surface area contributed by atoms with E-state index in [9.17, 15) is 13.2 Å². The average Bonchev–Trinajstić information content (AvgIpc) is 2.39. The molecule has 0 N–H and O–H groups in total. The van der Waals surface area contributed by atoms with Crippen molar-refractivity contribution in [3.05, 3.63) is 17.8 Å². The lowest BCUT2D eigenvalue weighted by Gasteiger charge is -2.32. The molecule has 1 aromatic rings. The van der Waals surface area contributed by atoms with Crippen LogP contribution in [0.2, 0.25) is 0 Å². The Kier molecular flexibility index (Phi) is 4.94. The van der Waals surface area contributed by atoms with Crippen molar-refractivity contribution in [2.45, 2.75) is 51.3 Å². The smallest absolute Gasteiger partial charge is 0.401 e. The van der Waals surface area contributed by atoms with E-state index in [1.165, 1.54) is 4.90 Å². The summed E-state index contributed by atoms with van der Waals surface area (Å²) in [5, 5.41) is 7.91. The molecule has 22 heavy (non-hydrogen) atoms. The number of nitrogens with zero attached hydrogens (tertiary/aromatic N) is 3. The molecule has 1 saturated heterocycles. The highest BCUT2D eigenvalue weighted by Crippen LogP contribution is 2.25. The molecule has 1 fully saturated rings. The quantitative estimate of drug-likeness (QED) is 0.858. The van der Waals surface area contributed by atoms with Gasteiger partial charge in [-0.2, -0.15) is 18.3 Å². The van der Waals surface area contributed by atoms with Crippen LogP contribution in [0.5, 0.6) is 5.88 Å². The summed E-state index contributed by atoms with van der Waals surface area (Å²) in [4.78, 5) is 1.41. The third kappa shape index (κ3) is 5.12. The van der Waals surface area contributed by atoms with Gasteiger partial charge in [-0.05, 0) is 23.8 Å². The lowest BCUT2D eigenvalue weighted by atomic mass is 9.89. The molecule has 4 nitrogen and oxygen atoms in total. The van der Waals surface area contributed by atoms with E-state index in [0.29, 0.717) is 31.8 Å². The van der Waals surface area contributed by atoms with E-state index in [2.05, 4.69) is 31.0 Å². The van der Waals surface area contributed by atoms with Gasteiger partial charge in [0.15, 0.2) is 0 Å². The van der Waals surface area contributed by atoms with E-state index in [4.69, 9.17) is 4.74 Å². The first-order valence-electron chi connectivity index (χ1n) is 7.42. The van der Waals surface area contributed by atoms with E-state index in [0.717, 1.165) is 5.56 Å². The number of likely N-dealkylation sites (tertiary alicyclic amines) is 1. The Morgan fingerprint density at radius 3 is 2.41 bits per heavy atom. The summed E-state index contributed by atoms with van der Waals surface area (Å²) in [5.41, 5.74) is 0.969. The molecule has 1 aliphatic rings. The monoisotopic (exact) mass is 317 g/mol. The predicted octanol–water partition coefficient (Wildman–Crippen LogP) is 3.18. The highest BCUT2D eigenvalue weighted by atomic mass is 19.4. The standard InChI is InChI=1S/C15H22F3N3O/c1-14(2,3)11-8-13(20-19-9-11)22-12-4-6-21(7-5-12)10-15(16,17)18/h8-9,12H,4-7,10H2,1-3H3. The summed E-state index contributed by atoms with van der Waals surface area (Å²) in [6.07, 6.45) is -1.40. The molecule has 124 valence electrons. The van der Waals surface area contributed by atoms with Crippen LogP contribution in [0.15, 0.2) is 12.3 Å². The molecule has 1 aromatic heterocycles. The minimum Gasteiger partial charge on any atom is -0.473 e. The number of rotatable bonds is 3. The fourth-order valence-electron chi connectivity index (χ4n) is 2.42. The number of halogens is 3. The first-order chi connectivity index (χ1) is 10.1. The SMILES string of the molecule is CC(C)(C)c1cnnc(OC2CCN(CC(F)(F)F)CC2)c1. The molecule has 2 rings (SSSR count). The molecule has 2 heterocycles. The van der Waals surface area contributed by atoms with Gasteiger partial charge in [-0.1, -0.05) is 20.8 Å². The Hall–Kier alpha value is -1.37. The zero-order valence-corrected chi connectivity index (χ0v) is 13.2. The van der Waals surface area contributed by atoms with Gasteiger partial charge in [0.1, 0.15) is 6.10 Å². The Balaban J connectivity index is 1.89. The topological polar surface area (TPSA) is 38.3 Å². The highest BCUT2D eigenvalue weighted by molar-refractivity contribution is 5.23. The van der Waals surface area contributed by atoms with Gasteiger partial charge in [0, 0.05) is 19.2 Å². The van der Waals surface area contributed by atoms with Crippen LogP contribution in [-0.2, 0) is 5.41 Å². The third-order valence-electron chi connectivity index (χ3n) is 3.72. The van der Waals surface area contributed by atoms with Gasteiger partial charge >= 0.3 is 6.18 Å². The van der Waals surface area contributed by atoms with E-state index in [-0.39, 0.29) is 11.5 Å². The molecule has 0 radical (unpaired) electrons. The first kappa shape index (κ1) is 17.0. The fraction of sp³-hybridized carbons (Fsp3) is 0.733. The molecule has 1 aliphatic heterocycles. The van der Waals surface area contributed by atoms with Crippen molar-refractivity contribution in [3.63, 3.8) is 0 Å². The molecule has 0 unspecified atom stereocenters. The van der Waals surface area contributed by atoms with Crippen LogP contribution in [-0.4, -0.2) is 47.0 Å². The van der Waals surface area contributed by atoms with Crippen LogP contribution in [0.25, 0.3) is 0 Å². The second-order valence-electron chi connectivity index (χ2n) is 6.74. The second kappa shape index (κ2) is 6.40. The van der Waals surface area contributed by atoms with Gasteiger partial charge in [0.05, 0.1) is 12.7 Å². The maximum absolute atomic E-state index is 12.3. The summed E-state index contributed by atoms with van der Waals surface area (Å²) in [6, 6.07) is 1.86. The third-order valence-corrected chi connectivity index (χ3v) is 3.72. The molecule has 0 aromatic carbocycles. The predicted molar refractivity (Wildman–Crippen MR) is 76.9 cm³/mol. The molecular weight excluding hydrogens is 295 g/mol. The van der Waals surface area contributed by atoms with Gasteiger partial charge in [-0.3, -0.25) is 4.90 Å². The number of hydrogen-bond acceptors (Lipinski definition) is 4. The van der Waals surface area contributed by atoms with Crippen LogP contribution >= 0.6 is 0 Å². The Morgan fingerprint density at radius 2 is 1.86 bits per heavy atom. The average molecular weight is 317 g/mol. The lowest BCUT2D eigenvalue weighted by molar-refractivity contribution is -0.149. The van der Waals surface area contributed by atoms with Crippen molar-refractivity contribution in [2.75, 3.05) is 19.6 Å². The van der Waals surface area contributed by atoms with Crippen LogP contribution in [0.1, 0.15) is 39.2 Å². The summed E-state index contributed by atoms with van der Waals surface area (Å²) >= 11 is 0. The second-order valence-corrected chi connectivity index (χ2v) is 6.74. The van der Waals surface area contributed by atoms with E-state index >= 15 is 0 Å². The van der Waals surface area contributed by atoms with Crippen LogP contribution in [0, 0.1) is 0 Å². The van der Waals surface area contributed by atoms with Gasteiger partial charge < -0.3 is 4.74 Å². The Morgan fingerprint density at radius 1 is 1.23 bits per heavy atom. The van der Waals surface area contributed by atoms with Crippen molar-refractivity contribution in [1.29, 1.82) is 0 Å². The number of alkyl halides is 3. The zero-order chi connectivity index (χ0) is 16.4. The van der Waals surface area contributed by atoms with Gasteiger partial charge in [-0.15, -0.1) is 5.10 Å². The molecular formula is C15H22F3N3O. The van der Waals surface area contributed by atoms with Crippen molar-refractivity contribution >= 4 is 0 Å². The number of hydrogen-bond donors (Lipinski definition) is 0. The number of ether oxygens (including phenoxy) is 1. The summed E-state index contributed by atoms with van der Waals surface area (Å²) in [5.74, 6) is 0.446. The van der Waals surface area contributed by atoms with Gasteiger partial charge in [0.25, 0.3) is 0 Å². The zero-order valence-electron chi connectivity index (χ0n) is 13.2. The van der Waals surface area contributed by atoms with Crippen LogP contribution in [0.4, 0.5) is 13.2 Å². The Bertz CT molecular complexity index is 492. The largest absolute Gasteiger partial charge is 0.473 e. The lowest BCUT2D eigenvalue weighted by Crippen LogP contribution is -2.42. The molecule has 0 saturated carbocycles. The van der Waals surface area contributed by atoms with E-state index in [1.54, 1.807) is 6.20 Å². The van der Waals surface area contributed by atoms with Crippen molar-refractivity contribution in [3.8, 4) is 5.88 Å². The summed E-state index contributed by atoms with van der Waals surface area (Å²) < 4.78 is 42.8. The molecule has 0 amide bonds. The van der Waals surface area contributed by atoms with Crippen LogP contribution < -0.4 is 4.74 Å². The highest BCUT2D eigenvalue weighted by Gasteiger charge is 2.33. The van der Waals surface area contributed by atoms with Gasteiger partial charge in [-0.25, -0.2) is 0 Å². The fourth-order valence-corrected chi connectivity index (χ4v) is 2.42. The minimum absolute atomic E-state index is 0.0515. The normalized spacial score (nSPS) is 18.5. The van der Waals surface area contributed by atoms with E-state index < -0.39 is 12.7 Å². The molecule has 0 bridgehead atoms. The molecule has 0 aliphatic carbocycles. The summed E-state index contributed by atoms with van der Waals surface area (Å²) in [6.45, 7) is 6.14.